The van der Waals surface area contributed by atoms with E-state index in [0.717, 1.165) is 24.0 Å². The molecule has 9 nitrogen and oxygen atoms in total. The van der Waals surface area contributed by atoms with Crippen LogP contribution < -0.4 is 14.2 Å². The van der Waals surface area contributed by atoms with Gasteiger partial charge in [0.1, 0.15) is 21.8 Å². The Morgan fingerprint density at radius 3 is 2.78 bits per heavy atom. The zero-order valence-electron chi connectivity index (χ0n) is 17.8. The van der Waals surface area contributed by atoms with E-state index in [1.165, 1.54) is 7.11 Å². The number of nitrogens with zero attached hydrogens (tertiary/aromatic N) is 3. The fraction of sp³-hybridized carbons (Fsp3) is 0.273. The molecule has 4 aromatic rings. The Kier molecular flexibility index (Phi) is 4.81. The summed E-state index contributed by atoms with van der Waals surface area (Å²) in [6.45, 7) is 1.71. The first kappa shape index (κ1) is 20.4. The predicted octanol–water partition coefficient (Wildman–Crippen LogP) is 3.69. The minimum absolute atomic E-state index is 0.0533. The van der Waals surface area contributed by atoms with Crippen LogP contribution in [0, 0.1) is 6.92 Å². The number of fused-ring (bicyclic) bond motifs is 2. The molecule has 2 aromatic carbocycles. The molecule has 2 aromatic heterocycles. The molecule has 166 valence electrons. The van der Waals surface area contributed by atoms with Gasteiger partial charge in [-0.25, -0.2) is 8.42 Å². The standard InChI is InChI=1S/C22H22N4O5S/c1-13-6-4-7-17(29-2)21(13)32(27,28)25-22-19-18(31-24-22)12-15-14(20(19)30-3)8-9-16(15)26-11-5-10-23-26/h4-7,10-12,16H,8-9H2,1-3H3,(H,24,25). The molecular formula is C22H22N4O5S. The smallest absolute Gasteiger partial charge is 0.267 e. The lowest BCUT2D eigenvalue weighted by Crippen LogP contribution is -2.16. The molecule has 1 atom stereocenters. The maximum Gasteiger partial charge on any atom is 0.267 e. The SMILES string of the molecule is COc1cccc(C)c1S(=O)(=O)Nc1noc2cc3c(c(OC)c12)CCC3n1cccn1. The van der Waals surface area contributed by atoms with Gasteiger partial charge in [-0.15, -0.1) is 0 Å². The Labute approximate surface area is 185 Å². The van der Waals surface area contributed by atoms with E-state index >= 15 is 0 Å². The maximum absolute atomic E-state index is 13.3. The van der Waals surface area contributed by atoms with Gasteiger partial charge in [0.25, 0.3) is 10.0 Å². The van der Waals surface area contributed by atoms with Crippen molar-refractivity contribution in [2.24, 2.45) is 0 Å². The van der Waals surface area contributed by atoms with Gasteiger partial charge in [0.05, 0.1) is 20.3 Å². The molecule has 0 saturated heterocycles. The van der Waals surface area contributed by atoms with E-state index < -0.39 is 10.0 Å². The summed E-state index contributed by atoms with van der Waals surface area (Å²) in [7, 11) is -1.01. The van der Waals surface area contributed by atoms with Crippen LogP contribution in [0.3, 0.4) is 0 Å². The van der Waals surface area contributed by atoms with Crippen LogP contribution in [0.15, 0.2) is 52.1 Å². The van der Waals surface area contributed by atoms with Crippen molar-refractivity contribution in [1.82, 2.24) is 14.9 Å². The molecule has 0 fully saturated rings. The normalized spacial score (nSPS) is 15.7. The van der Waals surface area contributed by atoms with Gasteiger partial charge in [-0.2, -0.15) is 5.10 Å². The van der Waals surface area contributed by atoms with Gasteiger partial charge in [-0.1, -0.05) is 17.3 Å². The van der Waals surface area contributed by atoms with E-state index in [9.17, 15) is 8.42 Å². The second-order valence-electron chi connectivity index (χ2n) is 7.63. The van der Waals surface area contributed by atoms with Crippen LogP contribution in [0.4, 0.5) is 5.82 Å². The average Bonchev–Trinajstić information content (AvgIpc) is 3.51. The number of aromatic nitrogens is 3. The number of nitrogens with one attached hydrogen (secondary N) is 1. The molecular weight excluding hydrogens is 432 g/mol. The van der Waals surface area contributed by atoms with Crippen molar-refractivity contribution in [3.8, 4) is 11.5 Å². The lowest BCUT2D eigenvalue weighted by atomic mass is 10.0. The van der Waals surface area contributed by atoms with Gasteiger partial charge < -0.3 is 14.0 Å². The summed E-state index contributed by atoms with van der Waals surface area (Å²) in [5.41, 5.74) is 3.02. The number of ether oxygens (including phenoxy) is 2. The summed E-state index contributed by atoms with van der Waals surface area (Å²) in [4.78, 5) is 0.0533. The second kappa shape index (κ2) is 7.56. The number of benzene rings is 2. The summed E-state index contributed by atoms with van der Waals surface area (Å²) in [5, 5.41) is 8.88. The van der Waals surface area contributed by atoms with E-state index in [2.05, 4.69) is 15.0 Å². The van der Waals surface area contributed by atoms with Gasteiger partial charge in [-0.05, 0) is 49.1 Å². The summed E-state index contributed by atoms with van der Waals surface area (Å²) < 4.78 is 47.5. The highest BCUT2D eigenvalue weighted by atomic mass is 32.2. The highest BCUT2D eigenvalue weighted by Gasteiger charge is 2.32. The van der Waals surface area contributed by atoms with Crippen molar-refractivity contribution < 1.29 is 22.4 Å². The minimum atomic E-state index is -4.00. The zero-order valence-corrected chi connectivity index (χ0v) is 18.6. The largest absolute Gasteiger partial charge is 0.496 e. The van der Waals surface area contributed by atoms with Gasteiger partial charge in [0, 0.05) is 18.0 Å². The first-order chi connectivity index (χ1) is 15.4. The van der Waals surface area contributed by atoms with Crippen LogP contribution in [0.2, 0.25) is 0 Å². The molecule has 1 N–H and O–H groups in total. The zero-order chi connectivity index (χ0) is 22.5. The minimum Gasteiger partial charge on any atom is -0.496 e. The Bertz CT molecular complexity index is 1410. The third-order valence-electron chi connectivity index (χ3n) is 5.83. The number of rotatable bonds is 6. The van der Waals surface area contributed by atoms with E-state index in [-0.39, 0.29) is 22.5 Å². The lowest BCUT2D eigenvalue weighted by Gasteiger charge is -2.15. The maximum atomic E-state index is 13.3. The van der Waals surface area contributed by atoms with Crippen LogP contribution in [-0.4, -0.2) is 37.6 Å². The van der Waals surface area contributed by atoms with E-state index in [1.54, 1.807) is 38.4 Å². The average molecular weight is 455 g/mol. The van der Waals surface area contributed by atoms with Crippen molar-refractivity contribution in [2.75, 3.05) is 18.9 Å². The number of sulfonamides is 1. The van der Waals surface area contributed by atoms with E-state index in [4.69, 9.17) is 14.0 Å². The first-order valence-electron chi connectivity index (χ1n) is 10.1. The van der Waals surface area contributed by atoms with Crippen LogP contribution in [0.5, 0.6) is 11.5 Å². The molecule has 1 unspecified atom stereocenters. The third kappa shape index (κ3) is 3.10. The molecule has 0 amide bonds. The van der Waals surface area contributed by atoms with Crippen LogP contribution in [0.1, 0.15) is 29.2 Å². The molecule has 2 heterocycles. The van der Waals surface area contributed by atoms with Crippen LogP contribution in [0.25, 0.3) is 11.0 Å². The molecule has 0 saturated carbocycles. The first-order valence-corrected chi connectivity index (χ1v) is 11.6. The van der Waals surface area contributed by atoms with Gasteiger partial charge >= 0.3 is 0 Å². The molecule has 32 heavy (non-hydrogen) atoms. The van der Waals surface area contributed by atoms with Gasteiger partial charge in [-0.3, -0.25) is 9.40 Å². The highest BCUT2D eigenvalue weighted by molar-refractivity contribution is 7.92. The lowest BCUT2D eigenvalue weighted by molar-refractivity contribution is 0.402. The topological polar surface area (TPSA) is 108 Å². The molecule has 1 aliphatic rings. The number of aryl methyl sites for hydroxylation is 1. The Morgan fingerprint density at radius 1 is 1.22 bits per heavy atom. The summed E-state index contributed by atoms with van der Waals surface area (Å²) in [5.74, 6) is 0.885. The monoisotopic (exact) mass is 454 g/mol. The highest BCUT2D eigenvalue weighted by Crippen LogP contribution is 2.46. The summed E-state index contributed by atoms with van der Waals surface area (Å²) >= 11 is 0. The molecule has 0 bridgehead atoms. The Hall–Kier alpha value is -3.53. The number of methoxy groups -OCH3 is 2. The number of hydrogen-bond donors (Lipinski definition) is 1. The van der Waals surface area contributed by atoms with Gasteiger partial charge in [0.15, 0.2) is 11.4 Å². The molecule has 0 radical (unpaired) electrons. The van der Waals surface area contributed by atoms with E-state index in [0.29, 0.717) is 22.3 Å². The van der Waals surface area contributed by atoms with Crippen molar-refractivity contribution >= 4 is 26.8 Å². The number of anilines is 1. The predicted molar refractivity (Wildman–Crippen MR) is 118 cm³/mol. The fourth-order valence-electron chi connectivity index (χ4n) is 4.47. The second-order valence-corrected chi connectivity index (χ2v) is 9.25. The van der Waals surface area contributed by atoms with Crippen molar-refractivity contribution in [2.45, 2.75) is 30.7 Å². The summed E-state index contributed by atoms with van der Waals surface area (Å²) in [6.07, 6.45) is 5.29. The fourth-order valence-corrected chi connectivity index (χ4v) is 5.87. The molecule has 10 heteroatoms. The third-order valence-corrected chi connectivity index (χ3v) is 7.35. The molecule has 1 aliphatic carbocycles. The molecule has 5 rings (SSSR count). The van der Waals surface area contributed by atoms with E-state index in [1.807, 2.05) is 23.0 Å². The Morgan fingerprint density at radius 2 is 2.06 bits per heavy atom. The van der Waals surface area contributed by atoms with Crippen LogP contribution >= 0.6 is 0 Å². The van der Waals surface area contributed by atoms with Crippen molar-refractivity contribution in [3.63, 3.8) is 0 Å². The van der Waals surface area contributed by atoms with Crippen molar-refractivity contribution in [3.05, 3.63) is 59.4 Å². The molecule has 0 aliphatic heterocycles. The number of hydrogen-bond acceptors (Lipinski definition) is 7. The molecule has 0 spiro atoms. The van der Waals surface area contributed by atoms with Crippen LogP contribution in [-0.2, 0) is 16.4 Å². The van der Waals surface area contributed by atoms with Gasteiger partial charge in [0.2, 0.25) is 0 Å². The Balaban J connectivity index is 1.62. The van der Waals surface area contributed by atoms with Crippen molar-refractivity contribution in [1.29, 1.82) is 0 Å². The summed E-state index contributed by atoms with van der Waals surface area (Å²) in [6, 6.07) is 8.88. The quantitative estimate of drug-likeness (QED) is 0.473.